The molecule has 0 spiro atoms. The summed E-state index contributed by atoms with van der Waals surface area (Å²) in [5.41, 5.74) is 2.00. The van der Waals surface area contributed by atoms with E-state index in [1.807, 2.05) is 19.9 Å². The second-order valence-corrected chi connectivity index (χ2v) is 10.4. The SMILES string of the molecule is Cc1ccc(S(=O)(=O)N2CCN(C(=O)C3CCCN3C(=O)C3CC3)CC2)cc1C. The van der Waals surface area contributed by atoms with Crippen LogP contribution in [0.1, 0.15) is 36.8 Å². The summed E-state index contributed by atoms with van der Waals surface area (Å²) in [7, 11) is -3.57. The molecule has 0 radical (unpaired) electrons. The van der Waals surface area contributed by atoms with Crippen molar-refractivity contribution in [2.24, 2.45) is 5.92 Å². The number of nitrogens with zero attached hydrogens (tertiary/aromatic N) is 3. The Labute approximate surface area is 172 Å². The molecule has 3 fully saturated rings. The van der Waals surface area contributed by atoms with Gasteiger partial charge in [-0.3, -0.25) is 9.59 Å². The number of piperazine rings is 1. The maximum Gasteiger partial charge on any atom is 0.245 e. The van der Waals surface area contributed by atoms with E-state index >= 15 is 0 Å². The highest BCUT2D eigenvalue weighted by molar-refractivity contribution is 7.89. The highest BCUT2D eigenvalue weighted by Gasteiger charge is 2.42. The van der Waals surface area contributed by atoms with Gasteiger partial charge in [0.05, 0.1) is 4.90 Å². The minimum Gasteiger partial charge on any atom is -0.338 e. The molecular weight excluding hydrogens is 390 g/mol. The lowest BCUT2D eigenvalue weighted by Gasteiger charge is -2.36. The molecule has 1 aromatic rings. The molecule has 1 aromatic carbocycles. The van der Waals surface area contributed by atoms with Crippen LogP contribution in [-0.4, -0.2) is 73.1 Å². The Bertz CT molecular complexity index is 918. The van der Waals surface area contributed by atoms with E-state index < -0.39 is 10.0 Å². The lowest BCUT2D eigenvalue weighted by atomic mass is 10.1. The van der Waals surface area contributed by atoms with Gasteiger partial charge in [0.15, 0.2) is 0 Å². The number of rotatable bonds is 4. The average molecular weight is 420 g/mol. The van der Waals surface area contributed by atoms with Crippen molar-refractivity contribution in [3.8, 4) is 0 Å². The molecule has 0 bridgehead atoms. The van der Waals surface area contributed by atoms with Gasteiger partial charge in [0.1, 0.15) is 6.04 Å². The van der Waals surface area contributed by atoms with E-state index in [0.29, 0.717) is 31.0 Å². The van der Waals surface area contributed by atoms with E-state index in [1.165, 1.54) is 4.31 Å². The molecule has 0 aromatic heterocycles. The van der Waals surface area contributed by atoms with Gasteiger partial charge in [-0.2, -0.15) is 4.31 Å². The molecule has 4 rings (SSSR count). The fraction of sp³-hybridized carbons (Fsp3) is 0.619. The number of sulfonamides is 1. The molecule has 2 amide bonds. The highest BCUT2D eigenvalue weighted by atomic mass is 32.2. The maximum absolute atomic E-state index is 13.0. The van der Waals surface area contributed by atoms with Crippen LogP contribution in [0.4, 0.5) is 0 Å². The first-order valence-corrected chi connectivity index (χ1v) is 11.9. The van der Waals surface area contributed by atoms with Crippen molar-refractivity contribution in [1.82, 2.24) is 14.1 Å². The number of aryl methyl sites for hydroxylation is 2. The zero-order valence-electron chi connectivity index (χ0n) is 17.1. The molecule has 1 saturated carbocycles. The van der Waals surface area contributed by atoms with Crippen LogP contribution in [0.3, 0.4) is 0 Å². The van der Waals surface area contributed by atoms with Crippen LogP contribution in [0.5, 0.6) is 0 Å². The van der Waals surface area contributed by atoms with Crippen LogP contribution >= 0.6 is 0 Å². The monoisotopic (exact) mass is 419 g/mol. The van der Waals surface area contributed by atoms with Crippen LogP contribution in [0, 0.1) is 19.8 Å². The number of benzene rings is 1. The predicted molar refractivity (Wildman–Crippen MR) is 109 cm³/mol. The van der Waals surface area contributed by atoms with Gasteiger partial charge >= 0.3 is 0 Å². The van der Waals surface area contributed by atoms with Crippen molar-refractivity contribution in [2.75, 3.05) is 32.7 Å². The number of amides is 2. The molecule has 158 valence electrons. The van der Waals surface area contributed by atoms with Crippen LogP contribution in [0.2, 0.25) is 0 Å². The molecule has 1 aliphatic carbocycles. The summed E-state index contributed by atoms with van der Waals surface area (Å²) in [5, 5.41) is 0. The summed E-state index contributed by atoms with van der Waals surface area (Å²) < 4.78 is 27.4. The van der Waals surface area contributed by atoms with Gasteiger partial charge in [0.2, 0.25) is 21.8 Å². The quantitative estimate of drug-likeness (QED) is 0.742. The Morgan fingerprint density at radius 1 is 0.897 bits per heavy atom. The number of hydrogen-bond donors (Lipinski definition) is 0. The van der Waals surface area contributed by atoms with E-state index in [9.17, 15) is 18.0 Å². The Morgan fingerprint density at radius 3 is 2.21 bits per heavy atom. The molecule has 2 saturated heterocycles. The molecule has 1 unspecified atom stereocenters. The van der Waals surface area contributed by atoms with Gasteiger partial charge in [0.25, 0.3) is 0 Å². The van der Waals surface area contributed by atoms with Crippen molar-refractivity contribution < 1.29 is 18.0 Å². The van der Waals surface area contributed by atoms with Gasteiger partial charge < -0.3 is 9.80 Å². The largest absolute Gasteiger partial charge is 0.338 e. The Hall–Kier alpha value is -1.93. The minimum atomic E-state index is -3.57. The third-order valence-corrected chi connectivity index (χ3v) is 8.31. The lowest BCUT2D eigenvalue weighted by Crippen LogP contribution is -2.55. The van der Waals surface area contributed by atoms with Crippen molar-refractivity contribution in [2.45, 2.75) is 50.5 Å². The Balaban J connectivity index is 1.40. The first-order chi connectivity index (χ1) is 13.8. The second-order valence-electron chi connectivity index (χ2n) is 8.44. The second kappa shape index (κ2) is 7.72. The third kappa shape index (κ3) is 3.92. The molecule has 2 heterocycles. The van der Waals surface area contributed by atoms with Crippen LogP contribution < -0.4 is 0 Å². The summed E-state index contributed by atoms with van der Waals surface area (Å²) in [6.07, 6.45) is 3.44. The fourth-order valence-corrected chi connectivity index (χ4v) is 5.74. The number of hydrogen-bond acceptors (Lipinski definition) is 4. The minimum absolute atomic E-state index is 0.0280. The summed E-state index contributed by atoms with van der Waals surface area (Å²) in [6, 6.07) is 4.82. The standard InChI is InChI=1S/C21H29N3O4S/c1-15-5-8-18(14-16(15)2)29(27,28)23-12-10-22(11-13-23)21(26)19-4-3-9-24(19)20(25)17-6-7-17/h5,8,14,17,19H,3-4,6-7,9-13H2,1-2H3. The van der Waals surface area contributed by atoms with Crippen LogP contribution in [-0.2, 0) is 19.6 Å². The average Bonchev–Trinajstić information content (AvgIpc) is 3.45. The first kappa shape index (κ1) is 20.3. The number of carbonyl (C=O) groups is 2. The van der Waals surface area contributed by atoms with Gasteiger partial charge in [-0.05, 0) is 62.8 Å². The molecule has 0 N–H and O–H groups in total. The van der Waals surface area contributed by atoms with Crippen LogP contribution in [0.25, 0.3) is 0 Å². The Kier molecular flexibility index (Phi) is 5.42. The summed E-state index contributed by atoms with van der Waals surface area (Å²) in [5.74, 6) is 0.208. The summed E-state index contributed by atoms with van der Waals surface area (Å²) >= 11 is 0. The fourth-order valence-electron chi connectivity index (χ4n) is 4.24. The molecule has 8 heteroatoms. The predicted octanol–water partition coefficient (Wildman–Crippen LogP) is 1.54. The maximum atomic E-state index is 13.0. The van der Waals surface area contributed by atoms with Gasteiger partial charge in [0, 0.05) is 38.6 Å². The normalized spacial score (nSPS) is 23.4. The van der Waals surface area contributed by atoms with E-state index in [4.69, 9.17) is 0 Å². The first-order valence-electron chi connectivity index (χ1n) is 10.5. The smallest absolute Gasteiger partial charge is 0.245 e. The van der Waals surface area contributed by atoms with Crippen molar-refractivity contribution in [1.29, 1.82) is 0 Å². The zero-order chi connectivity index (χ0) is 20.8. The highest BCUT2D eigenvalue weighted by Crippen LogP contribution is 2.34. The van der Waals surface area contributed by atoms with Crippen LogP contribution in [0.15, 0.2) is 23.1 Å². The zero-order valence-corrected chi connectivity index (χ0v) is 18.0. The van der Waals surface area contributed by atoms with E-state index in [1.54, 1.807) is 21.9 Å². The van der Waals surface area contributed by atoms with E-state index in [2.05, 4.69) is 0 Å². The summed E-state index contributed by atoms with van der Waals surface area (Å²) in [6.45, 7) is 5.81. The molecular formula is C21H29N3O4S. The van der Waals surface area contributed by atoms with E-state index in [-0.39, 0.29) is 36.9 Å². The van der Waals surface area contributed by atoms with Gasteiger partial charge in [-0.25, -0.2) is 8.42 Å². The third-order valence-electron chi connectivity index (χ3n) is 6.41. The van der Waals surface area contributed by atoms with Crippen molar-refractivity contribution >= 4 is 21.8 Å². The molecule has 7 nitrogen and oxygen atoms in total. The van der Waals surface area contributed by atoms with Crippen molar-refractivity contribution in [3.63, 3.8) is 0 Å². The molecule has 3 aliphatic rings. The molecule has 29 heavy (non-hydrogen) atoms. The van der Waals surface area contributed by atoms with E-state index in [0.717, 1.165) is 30.4 Å². The topological polar surface area (TPSA) is 78.0 Å². The van der Waals surface area contributed by atoms with Gasteiger partial charge in [-0.15, -0.1) is 0 Å². The number of likely N-dealkylation sites (tertiary alicyclic amines) is 1. The summed E-state index contributed by atoms with van der Waals surface area (Å²) in [4.78, 5) is 29.3. The lowest BCUT2D eigenvalue weighted by molar-refractivity contribution is -0.145. The van der Waals surface area contributed by atoms with Crippen molar-refractivity contribution in [3.05, 3.63) is 29.3 Å². The van der Waals surface area contributed by atoms with Gasteiger partial charge in [-0.1, -0.05) is 6.07 Å². The Morgan fingerprint density at radius 2 is 1.59 bits per heavy atom. The molecule has 2 aliphatic heterocycles. The molecule has 1 atom stereocenters. The number of carbonyl (C=O) groups excluding carboxylic acids is 2.